The molecule has 8 heteroatoms. The average Bonchev–Trinajstić information content (AvgIpc) is 3.70. The van der Waals surface area contributed by atoms with Crippen LogP contribution in [0.3, 0.4) is 0 Å². The summed E-state index contributed by atoms with van der Waals surface area (Å²) < 4.78 is 17.6. The van der Waals surface area contributed by atoms with Gasteiger partial charge in [-0.15, -0.1) is 0 Å². The molecule has 0 radical (unpaired) electrons. The van der Waals surface area contributed by atoms with E-state index in [0.29, 0.717) is 17.4 Å². The van der Waals surface area contributed by atoms with Gasteiger partial charge in [0, 0.05) is 18.0 Å². The molecule has 43 heavy (non-hydrogen) atoms. The molecule has 0 bridgehead atoms. The fourth-order valence-corrected chi connectivity index (χ4v) is 7.37. The van der Waals surface area contributed by atoms with Gasteiger partial charge in [-0.25, -0.2) is 0 Å². The highest BCUT2D eigenvalue weighted by Gasteiger charge is 2.60. The number of carbonyl (C=O) groups excluding carboxylic acids is 3. The number of esters is 1. The van der Waals surface area contributed by atoms with Gasteiger partial charge in [0.2, 0.25) is 11.8 Å². The number of hydrogen-bond donors (Lipinski definition) is 1. The predicted octanol–water partition coefficient (Wildman–Crippen LogP) is 5.82. The maximum absolute atomic E-state index is 14.4. The highest BCUT2D eigenvalue weighted by Crippen LogP contribution is 2.52. The summed E-state index contributed by atoms with van der Waals surface area (Å²) in [5, 5.41) is 5.01. The molecule has 2 aliphatic heterocycles. The Morgan fingerprint density at radius 3 is 2.58 bits per heavy atom. The van der Waals surface area contributed by atoms with E-state index in [9.17, 15) is 14.4 Å². The van der Waals surface area contributed by atoms with E-state index >= 15 is 0 Å². The van der Waals surface area contributed by atoms with Crippen molar-refractivity contribution < 1.29 is 28.3 Å². The summed E-state index contributed by atoms with van der Waals surface area (Å²) >= 11 is 0. The maximum atomic E-state index is 14.4. The molecule has 0 spiro atoms. The van der Waals surface area contributed by atoms with Crippen molar-refractivity contribution in [1.29, 1.82) is 0 Å². The van der Waals surface area contributed by atoms with E-state index in [4.69, 9.17) is 13.9 Å². The van der Waals surface area contributed by atoms with Crippen LogP contribution in [0, 0.1) is 24.2 Å². The fourth-order valence-electron chi connectivity index (χ4n) is 7.37. The number of hydrogen-bond acceptors (Lipinski definition) is 6. The van der Waals surface area contributed by atoms with Crippen LogP contribution in [0.15, 0.2) is 70.8 Å². The molecule has 4 atom stereocenters. The number of likely N-dealkylation sites (tertiary alicyclic amines) is 1. The number of aryl methyl sites for hydroxylation is 1. The van der Waals surface area contributed by atoms with Crippen molar-refractivity contribution in [3.63, 3.8) is 0 Å². The quantitative estimate of drug-likeness (QED) is 0.335. The van der Waals surface area contributed by atoms with Crippen LogP contribution in [0.1, 0.15) is 62.5 Å². The summed E-state index contributed by atoms with van der Waals surface area (Å²) in [6, 6.07) is 17.8. The van der Waals surface area contributed by atoms with Crippen molar-refractivity contribution >= 4 is 28.6 Å². The molecule has 3 aromatic rings. The Morgan fingerprint density at radius 2 is 1.84 bits per heavy atom. The molecule has 1 aromatic heterocycles. The second kappa shape index (κ2) is 12.0. The molecule has 226 valence electrons. The van der Waals surface area contributed by atoms with Crippen molar-refractivity contribution in [3.8, 4) is 0 Å². The fraction of sp³-hybridized carbons (Fsp3) is 0.457. The number of nitrogens with zero attached hydrogens (tertiary/aromatic N) is 1. The van der Waals surface area contributed by atoms with E-state index in [1.54, 1.807) is 4.90 Å². The van der Waals surface area contributed by atoms with Gasteiger partial charge in [-0.2, -0.15) is 0 Å². The zero-order chi connectivity index (χ0) is 30.1. The van der Waals surface area contributed by atoms with Gasteiger partial charge in [-0.3, -0.25) is 14.4 Å². The Kier molecular flexibility index (Phi) is 8.14. The molecule has 3 heterocycles. The summed E-state index contributed by atoms with van der Waals surface area (Å²) in [7, 11) is 1.38. The Balaban J connectivity index is 1.38. The third kappa shape index (κ3) is 5.49. The molecule has 3 aliphatic rings. The average molecular weight is 585 g/mol. The van der Waals surface area contributed by atoms with Crippen LogP contribution < -0.4 is 5.32 Å². The number of nitrogens with one attached hydrogen (secondary N) is 1. The molecule has 6 rings (SSSR count). The molecular formula is C35H40N2O6. The van der Waals surface area contributed by atoms with Crippen LogP contribution in [-0.2, 0) is 36.9 Å². The monoisotopic (exact) mass is 584 g/mol. The van der Waals surface area contributed by atoms with E-state index in [2.05, 4.69) is 23.5 Å². The van der Waals surface area contributed by atoms with Crippen LogP contribution in [0.4, 0.5) is 0 Å². The predicted molar refractivity (Wildman–Crippen MR) is 161 cm³/mol. The maximum Gasteiger partial charge on any atom is 0.320 e. The summed E-state index contributed by atoms with van der Waals surface area (Å²) in [5.74, 6) is 0.120. The summed E-state index contributed by atoms with van der Waals surface area (Å²) in [4.78, 5) is 43.2. The van der Waals surface area contributed by atoms with Gasteiger partial charge in [0.1, 0.15) is 16.9 Å². The lowest BCUT2D eigenvalue weighted by molar-refractivity contribution is -0.178. The first-order chi connectivity index (χ1) is 20.8. The van der Waals surface area contributed by atoms with Crippen LogP contribution in [0.5, 0.6) is 0 Å². The van der Waals surface area contributed by atoms with Gasteiger partial charge in [0.05, 0.1) is 32.4 Å². The lowest BCUT2D eigenvalue weighted by Crippen LogP contribution is -2.60. The van der Waals surface area contributed by atoms with Gasteiger partial charge >= 0.3 is 5.97 Å². The molecule has 8 nitrogen and oxygen atoms in total. The van der Waals surface area contributed by atoms with Crippen molar-refractivity contribution in [2.24, 2.45) is 17.3 Å². The molecule has 1 N–H and O–H groups in total. The molecule has 2 aromatic carbocycles. The van der Waals surface area contributed by atoms with Gasteiger partial charge in [0.15, 0.2) is 0 Å². The zero-order valence-corrected chi connectivity index (χ0v) is 25.1. The number of furan rings is 1. The molecule has 0 unspecified atom stereocenters. The SMILES string of the molecule is COC(=O)[C@]12C[C@H](CC(=O)NCc3ccc(C)o3)C(=O)N(Cc3cccc4ccccc34)C1=C[C@H](C1CCCC1)O[C@@H]2C. The Labute approximate surface area is 252 Å². The van der Waals surface area contributed by atoms with Gasteiger partial charge in [0.25, 0.3) is 0 Å². The first-order valence-corrected chi connectivity index (χ1v) is 15.4. The Morgan fingerprint density at radius 1 is 1.07 bits per heavy atom. The summed E-state index contributed by atoms with van der Waals surface area (Å²) in [6.45, 7) is 4.26. The number of fused-ring (bicyclic) bond motifs is 2. The van der Waals surface area contributed by atoms with E-state index in [0.717, 1.165) is 47.8 Å². The van der Waals surface area contributed by atoms with Crippen molar-refractivity contribution in [2.75, 3.05) is 7.11 Å². The summed E-state index contributed by atoms with van der Waals surface area (Å²) in [6.07, 6.45) is 5.79. The minimum absolute atomic E-state index is 0.0602. The molecule has 2 fully saturated rings. The number of carbonyl (C=O) groups is 3. The smallest absolute Gasteiger partial charge is 0.320 e. The van der Waals surface area contributed by atoms with Crippen LogP contribution in [-0.4, -0.2) is 42.0 Å². The van der Waals surface area contributed by atoms with Crippen molar-refractivity contribution in [3.05, 3.63) is 83.5 Å². The number of piperidine rings is 1. The Hall–Kier alpha value is -3.91. The van der Waals surface area contributed by atoms with E-state index in [1.807, 2.05) is 56.3 Å². The third-order valence-corrected chi connectivity index (χ3v) is 9.62. The summed E-state index contributed by atoms with van der Waals surface area (Å²) in [5.41, 5.74) is 0.405. The highest BCUT2D eigenvalue weighted by molar-refractivity contribution is 5.93. The topological polar surface area (TPSA) is 98.1 Å². The number of amides is 2. The first kappa shape index (κ1) is 29.2. The first-order valence-electron chi connectivity index (χ1n) is 15.4. The number of ether oxygens (including phenoxy) is 2. The minimum Gasteiger partial charge on any atom is -0.468 e. The van der Waals surface area contributed by atoms with E-state index in [1.165, 1.54) is 7.11 Å². The van der Waals surface area contributed by atoms with Crippen molar-refractivity contribution in [2.45, 2.75) is 77.7 Å². The van der Waals surface area contributed by atoms with E-state index in [-0.39, 0.29) is 43.8 Å². The van der Waals surface area contributed by atoms with Gasteiger partial charge in [-0.05, 0) is 73.6 Å². The highest BCUT2D eigenvalue weighted by atomic mass is 16.5. The lowest BCUT2D eigenvalue weighted by atomic mass is 9.66. The molecule has 1 aliphatic carbocycles. The minimum atomic E-state index is -1.22. The second-order valence-electron chi connectivity index (χ2n) is 12.3. The van der Waals surface area contributed by atoms with Crippen LogP contribution in [0.2, 0.25) is 0 Å². The van der Waals surface area contributed by atoms with E-state index < -0.39 is 23.4 Å². The second-order valence-corrected chi connectivity index (χ2v) is 12.3. The standard InChI is InChI=1S/C35H40N2O6/c1-22-15-16-28(42-22)20-36-32(38)17-27-19-35(34(40)41-3)23(2)43-30(25-10-4-5-11-25)18-31(35)37(33(27)39)21-26-13-8-12-24-9-6-7-14-29(24)26/h6-9,12-16,18,23,25,27,30H,4-5,10-11,17,19-21H2,1-3H3,(H,36,38)/t23-,27+,30-,35+/m1/s1. The number of benzene rings is 2. The molecule has 2 amide bonds. The van der Waals surface area contributed by atoms with Crippen molar-refractivity contribution in [1.82, 2.24) is 10.2 Å². The molecular weight excluding hydrogens is 544 g/mol. The van der Waals surface area contributed by atoms with Gasteiger partial charge < -0.3 is 24.1 Å². The van der Waals surface area contributed by atoms with Crippen LogP contribution in [0.25, 0.3) is 10.8 Å². The lowest BCUT2D eigenvalue weighted by Gasteiger charge is -2.52. The van der Waals surface area contributed by atoms with Gasteiger partial charge in [-0.1, -0.05) is 55.3 Å². The normalized spacial score (nSPS) is 25.8. The molecule has 1 saturated carbocycles. The Bertz CT molecular complexity index is 1550. The van der Waals surface area contributed by atoms with Crippen LogP contribution >= 0.6 is 0 Å². The number of rotatable bonds is 8. The largest absolute Gasteiger partial charge is 0.468 e. The molecule has 1 saturated heterocycles. The zero-order valence-electron chi connectivity index (χ0n) is 25.1. The third-order valence-electron chi connectivity index (χ3n) is 9.62. The number of methoxy groups -OCH3 is 1.